The smallest absolute Gasteiger partial charge is 0.356 e. The van der Waals surface area contributed by atoms with Crippen molar-refractivity contribution in [3.63, 3.8) is 0 Å². The molecule has 0 bridgehead atoms. The van der Waals surface area contributed by atoms with Crippen LogP contribution in [0.3, 0.4) is 0 Å². The molecule has 1 aliphatic rings. The van der Waals surface area contributed by atoms with Gasteiger partial charge >= 0.3 is 6.18 Å². The topological polar surface area (TPSA) is 87.2 Å². The Morgan fingerprint density at radius 1 is 1.25 bits per heavy atom. The fourth-order valence-electron chi connectivity index (χ4n) is 2.84. The van der Waals surface area contributed by atoms with E-state index >= 15 is 0 Å². The summed E-state index contributed by atoms with van der Waals surface area (Å²) < 4.78 is 37.9. The third-order valence-electron chi connectivity index (χ3n) is 4.25. The van der Waals surface area contributed by atoms with Crippen molar-refractivity contribution in [3.05, 3.63) is 35.0 Å². The number of carbonyl (C=O) groups is 2. The Morgan fingerprint density at radius 2 is 1.96 bits per heavy atom. The number of hydrogen-bond donors (Lipinski definition) is 2. The highest BCUT2D eigenvalue weighted by Gasteiger charge is 2.31. The fraction of sp³-hybridized carbons (Fsp3) is 0.412. The Kier molecular flexibility index (Phi) is 5.82. The van der Waals surface area contributed by atoms with Crippen molar-refractivity contribution in [2.45, 2.75) is 32.0 Å². The average Bonchev–Trinajstić information content (AvgIpc) is 3.10. The molecule has 1 fully saturated rings. The number of piperidine rings is 1. The molecule has 2 amide bonds. The lowest BCUT2D eigenvalue weighted by Crippen LogP contribution is -2.45. The van der Waals surface area contributed by atoms with Gasteiger partial charge in [-0.15, -0.1) is 11.3 Å². The van der Waals surface area contributed by atoms with Gasteiger partial charge in [-0.3, -0.25) is 9.59 Å². The first kappa shape index (κ1) is 20.1. The van der Waals surface area contributed by atoms with Crippen molar-refractivity contribution < 1.29 is 22.8 Å². The summed E-state index contributed by atoms with van der Waals surface area (Å²) in [7, 11) is 0. The molecule has 7 nitrogen and oxygen atoms in total. The Morgan fingerprint density at radius 3 is 2.54 bits per heavy atom. The van der Waals surface area contributed by atoms with Gasteiger partial charge in [-0.05, 0) is 25.0 Å². The molecule has 3 rings (SSSR count). The second kappa shape index (κ2) is 8.13. The monoisotopic (exact) mass is 413 g/mol. The van der Waals surface area contributed by atoms with Gasteiger partial charge in [0.25, 0.3) is 5.91 Å². The zero-order valence-corrected chi connectivity index (χ0v) is 15.7. The normalized spacial score (nSPS) is 15.4. The van der Waals surface area contributed by atoms with Gasteiger partial charge in [-0.25, -0.2) is 9.97 Å². The zero-order chi connectivity index (χ0) is 20.3. The van der Waals surface area contributed by atoms with Crippen LogP contribution in [0, 0.1) is 0 Å². The minimum atomic E-state index is -4.40. The molecule has 0 saturated carbocycles. The van der Waals surface area contributed by atoms with Crippen LogP contribution in [-0.2, 0) is 11.0 Å². The first-order chi connectivity index (χ1) is 13.2. The molecule has 0 spiro atoms. The van der Waals surface area contributed by atoms with E-state index in [2.05, 4.69) is 20.6 Å². The van der Waals surface area contributed by atoms with Crippen LogP contribution in [-0.4, -0.2) is 40.9 Å². The average molecular weight is 413 g/mol. The largest absolute Gasteiger partial charge is 0.417 e. The number of halogens is 3. The van der Waals surface area contributed by atoms with Crippen LogP contribution >= 0.6 is 11.3 Å². The second-order valence-corrected chi connectivity index (χ2v) is 7.21. The summed E-state index contributed by atoms with van der Waals surface area (Å²) >= 11 is 1.17. The minimum absolute atomic E-state index is 0.0656. The molecular weight excluding hydrogens is 395 g/mol. The molecule has 0 radical (unpaired) electrons. The number of thiazole rings is 1. The van der Waals surface area contributed by atoms with E-state index in [-0.39, 0.29) is 23.6 Å². The highest BCUT2D eigenvalue weighted by atomic mass is 32.1. The molecule has 0 aromatic carbocycles. The Bertz CT molecular complexity index is 845. The molecule has 2 aromatic rings. The summed E-state index contributed by atoms with van der Waals surface area (Å²) in [5.41, 5.74) is -0.541. The molecule has 0 aliphatic carbocycles. The van der Waals surface area contributed by atoms with E-state index in [4.69, 9.17) is 0 Å². The first-order valence-corrected chi connectivity index (χ1v) is 9.42. The predicted octanol–water partition coefficient (Wildman–Crippen LogP) is 2.91. The van der Waals surface area contributed by atoms with Crippen LogP contribution in [0.25, 0.3) is 0 Å². The number of carbonyl (C=O) groups excluding carboxylic acids is 2. The standard InChI is InChI=1S/C17H18F3N5O2S/c1-10(26)22-16-24-13(9-28-16)15(27)23-12-4-6-25(7-5-12)14-3-2-11(8-21-14)17(18,19)20/h2-3,8-9,12H,4-7H2,1H3,(H,23,27)(H,22,24,26). The van der Waals surface area contributed by atoms with Gasteiger partial charge in [0, 0.05) is 37.6 Å². The molecule has 2 aromatic heterocycles. The number of nitrogens with zero attached hydrogens (tertiary/aromatic N) is 3. The lowest BCUT2D eigenvalue weighted by Gasteiger charge is -2.33. The molecule has 2 N–H and O–H groups in total. The van der Waals surface area contributed by atoms with Crippen molar-refractivity contribution in [2.75, 3.05) is 23.3 Å². The summed E-state index contributed by atoms with van der Waals surface area (Å²) in [6.45, 7) is 2.50. The van der Waals surface area contributed by atoms with E-state index in [0.29, 0.717) is 36.9 Å². The number of alkyl halides is 3. The number of pyridine rings is 1. The highest BCUT2D eigenvalue weighted by molar-refractivity contribution is 7.14. The van der Waals surface area contributed by atoms with Crippen molar-refractivity contribution in [1.82, 2.24) is 15.3 Å². The zero-order valence-electron chi connectivity index (χ0n) is 14.9. The lowest BCUT2D eigenvalue weighted by atomic mass is 10.0. The maximum atomic E-state index is 12.6. The van der Waals surface area contributed by atoms with Gasteiger partial charge < -0.3 is 15.5 Å². The van der Waals surface area contributed by atoms with Crippen molar-refractivity contribution >= 4 is 34.1 Å². The molecular formula is C17H18F3N5O2S. The SMILES string of the molecule is CC(=O)Nc1nc(C(=O)NC2CCN(c3ccc(C(F)(F)F)cn3)CC2)cs1. The lowest BCUT2D eigenvalue weighted by molar-refractivity contribution is -0.137. The summed E-state index contributed by atoms with van der Waals surface area (Å²) in [5, 5.41) is 7.36. The van der Waals surface area contributed by atoms with Crippen LogP contribution in [0.15, 0.2) is 23.7 Å². The molecule has 3 heterocycles. The van der Waals surface area contributed by atoms with Crippen molar-refractivity contribution in [3.8, 4) is 0 Å². The van der Waals surface area contributed by atoms with Gasteiger partial charge in [-0.1, -0.05) is 0 Å². The van der Waals surface area contributed by atoms with E-state index in [9.17, 15) is 22.8 Å². The van der Waals surface area contributed by atoms with Crippen molar-refractivity contribution in [2.24, 2.45) is 0 Å². The molecule has 150 valence electrons. The van der Waals surface area contributed by atoms with Crippen molar-refractivity contribution in [1.29, 1.82) is 0 Å². The molecule has 0 unspecified atom stereocenters. The molecule has 1 saturated heterocycles. The summed E-state index contributed by atoms with van der Waals surface area (Å²) in [6.07, 6.45) is -2.30. The second-order valence-electron chi connectivity index (χ2n) is 6.36. The number of anilines is 2. The van der Waals surface area contributed by atoms with Gasteiger partial charge in [0.15, 0.2) is 5.13 Å². The number of nitrogens with one attached hydrogen (secondary N) is 2. The number of aromatic nitrogens is 2. The van der Waals surface area contributed by atoms with Crippen LogP contribution in [0.1, 0.15) is 35.8 Å². The highest BCUT2D eigenvalue weighted by Crippen LogP contribution is 2.29. The third kappa shape index (κ3) is 4.97. The summed E-state index contributed by atoms with van der Waals surface area (Å²) in [6, 6.07) is 2.31. The van der Waals surface area contributed by atoms with E-state index in [1.54, 1.807) is 5.38 Å². The number of hydrogen-bond acceptors (Lipinski definition) is 6. The predicted molar refractivity (Wildman–Crippen MR) is 98.4 cm³/mol. The minimum Gasteiger partial charge on any atom is -0.356 e. The van der Waals surface area contributed by atoms with Gasteiger partial charge in [0.2, 0.25) is 5.91 Å². The van der Waals surface area contributed by atoms with Gasteiger partial charge in [-0.2, -0.15) is 13.2 Å². The number of rotatable bonds is 4. The van der Waals surface area contributed by atoms with Crippen LogP contribution in [0.5, 0.6) is 0 Å². The maximum Gasteiger partial charge on any atom is 0.417 e. The van der Waals surface area contributed by atoms with E-state index in [1.165, 1.54) is 24.3 Å². The van der Waals surface area contributed by atoms with E-state index in [1.807, 2.05) is 4.90 Å². The first-order valence-electron chi connectivity index (χ1n) is 8.54. The Balaban J connectivity index is 1.52. The van der Waals surface area contributed by atoms with Crippen LogP contribution < -0.4 is 15.5 Å². The number of amides is 2. The molecule has 1 aliphatic heterocycles. The summed E-state index contributed by atoms with van der Waals surface area (Å²) in [4.78, 5) is 33.2. The van der Waals surface area contributed by atoms with Crippen LogP contribution in [0.4, 0.5) is 24.1 Å². The van der Waals surface area contributed by atoms with Gasteiger partial charge in [0.1, 0.15) is 11.5 Å². The van der Waals surface area contributed by atoms with E-state index < -0.39 is 11.7 Å². The van der Waals surface area contributed by atoms with Gasteiger partial charge in [0.05, 0.1) is 5.56 Å². The Labute approximate surface area is 163 Å². The molecule has 0 atom stereocenters. The maximum absolute atomic E-state index is 12.6. The van der Waals surface area contributed by atoms with Crippen LogP contribution in [0.2, 0.25) is 0 Å². The quantitative estimate of drug-likeness (QED) is 0.805. The molecule has 11 heteroatoms. The summed E-state index contributed by atoms with van der Waals surface area (Å²) in [5.74, 6) is -0.0956. The molecule has 28 heavy (non-hydrogen) atoms. The third-order valence-corrected chi connectivity index (χ3v) is 5.01. The fourth-order valence-corrected chi connectivity index (χ4v) is 3.58. The Hall–Kier alpha value is -2.69. The van der Waals surface area contributed by atoms with E-state index in [0.717, 1.165) is 12.3 Å².